The normalized spacial score (nSPS) is 14.1. The average molecular weight is 357 g/mol. The Balaban J connectivity index is 1.72. The number of carbonyl (C=O) groups excluding carboxylic acids is 1. The van der Waals surface area contributed by atoms with Crippen LogP contribution in [0.2, 0.25) is 0 Å². The summed E-state index contributed by atoms with van der Waals surface area (Å²) in [5, 5.41) is 11.3. The summed E-state index contributed by atoms with van der Waals surface area (Å²) in [5.74, 6) is -0.650. The van der Waals surface area contributed by atoms with Crippen molar-refractivity contribution >= 4 is 17.3 Å². The Labute approximate surface area is 150 Å². The maximum Gasteiger partial charge on any atom is 0.282 e. The van der Waals surface area contributed by atoms with Gasteiger partial charge in [0, 0.05) is 24.8 Å². The number of hydrogen-bond acceptors (Lipinski definition) is 6. The molecule has 0 aromatic heterocycles. The summed E-state index contributed by atoms with van der Waals surface area (Å²) in [5.41, 5.74) is 3.61. The lowest BCUT2D eigenvalue weighted by Gasteiger charge is -2.29. The van der Waals surface area contributed by atoms with Crippen molar-refractivity contribution in [3.05, 3.63) is 69.8 Å². The molecule has 0 unspecified atom stereocenters. The van der Waals surface area contributed by atoms with Crippen molar-refractivity contribution in [2.45, 2.75) is 6.61 Å². The molecule has 1 aliphatic rings. The largest absolute Gasteiger partial charge is 0.378 e. The standard InChI is InChI=1S/C18H19N3O5/c22-18(19-26-13-14-4-2-1-3-5-14)16-12-15(6-7-17(16)21(23)24)20-8-10-25-11-9-20/h1-7,12H,8-11,13H2,(H,19,22). The highest BCUT2D eigenvalue weighted by Gasteiger charge is 2.23. The predicted octanol–water partition coefficient (Wildman–Crippen LogP) is 2.29. The first kappa shape index (κ1) is 17.8. The van der Waals surface area contributed by atoms with E-state index in [4.69, 9.17) is 9.57 Å². The van der Waals surface area contributed by atoms with Crippen molar-refractivity contribution in [3.8, 4) is 0 Å². The van der Waals surface area contributed by atoms with Gasteiger partial charge in [0.05, 0.1) is 24.7 Å². The quantitative estimate of drug-likeness (QED) is 0.630. The Morgan fingerprint density at radius 3 is 2.62 bits per heavy atom. The molecule has 26 heavy (non-hydrogen) atoms. The minimum Gasteiger partial charge on any atom is -0.378 e. The first-order valence-electron chi connectivity index (χ1n) is 8.22. The minimum absolute atomic E-state index is 0.0351. The van der Waals surface area contributed by atoms with Gasteiger partial charge in [-0.15, -0.1) is 0 Å². The fraction of sp³-hybridized carbons (Fsp3) is 0.278. The van der Waals surface area contributed by atoms with Crippen LogP contribution in [0.25, 0.3) is 0 Å². The number of hydrogen-bond donors (Lipinski definition) is 1. The molecule has 8 nitrogen and oxygen atoms in total. The van der Waals surface area contributed by atoms with Crippen LogP contribution in [-0.2, 0) is 16.2 Å². The van der Waals surface area contributed by atoms with Gasteiger partial charge >= 0.3 is 0 Å². The lowest BCUT2D eigenvalue weighted by Crippen LogP contribution is -2.36. The average Bonchev–Trinajstić information content (AvgIpc) is 2.69. The van der Waals surface area contributed by atoms with E-state index in [2.05, 4.69) is 5.48 Å². The number of nitrogens with one attached hydrogen (secondary N) is 1. The number of ether oxygens (including phenoxy) is 1. The molecule has 0 atom stereocenters. The molecular formula is C18H19N3O5. The van der Waals surface area contributed by atoms with Crippen molar-refractivity contribution in [2.24, 2.45) is 0 Å². The van der Waals surface area contributed by atoms with Crippen LogP contribution in [0.15, 0.2) is 48.5 Å². The van der Waals surface area contributed by atoms with Crippen LogP contribution in [-0.4, -0.2) is 37.1 Å². The lowest BCUT2D eigenvalue weighted by molar-refractivity contribution is -0.385. The molecule has 1 fully saturated rings. The second-order valence-corrected chi connectivity index (χ2v) is 5.76. The third kappa shape index (κ3) is 4.35. The molecule has 1 heterocycles. The summed E-state index contributed by atoms with van der Waals surface area (Å²) in [4.78, 5) is 30.3. The lowest BCUT2D eigenvalue weighted by atomic mass is 10.1. The number of nitro benzene ring substituents is 1. The number of rotatable bonds is 6. The van der Waals surface area contributed by atoms with E-state index in [-0.39, 0.29) is 17.9 Å². The monoisotopic (exact) mass is 357 g/mol. The van der Waals surface area contributed by atoms with Gasteiger partial charge in [0.25, 0.3) is 11.6 Å². The summed E-state index contributed by atoms with van der Waals surface area (Å²) < 4.78 is 5.31. The van der Waals surface area contributed by atoms with Crippen LogP contribution in [0.1, 0.15) is 15.9 Å². The Hall–Kier alpha value is -2.97. The number of nitro groups is 1. The highest BCUT2D eigenvalue weighted by atomic mass is 16.7. The zero-order valence-corrected chi connectivity index (χ0v) is 14.1. The molecule has 0 spiro atoms. The van der Waals surface area contributed by atoms with Gasteiger partial charge in [0.1, 0.15) is 5.56 Å². The molecule has 136 valence electrons. The van der Waals surface area contributed by atoms with E-state index in [1.807, 2.05) is 35.2 Å². The number of benzene rings is 2. The summed E-state index contributed by atoms with van der Waals surface area (Å²) in [6.45, 7) is 2.67. The van der Waals surface area contributed by atoms with Crippen molar-refractivity contribution in [3.63, 3.8) is 0 Å². The fourth-order valence-corrected chi connectivity index (χ4v) is 2.70. The van der Waals surface area contributed by atoms with Gasteiger partial charge in [-0.3, -0.25) is 19.7 Å². The van der Waals surface area contributed by atoms with Gasteiger partial charge < -0.3 is 9.64 Å². The second kappa shape index (κ2) is 8.41. The van der Waals surface area contributed by atoms with Gasteiger partial charge in [0.2, 0.25) is 0 Å². The number of carbonyl (C=O) groups is 1. The molecule has 0 radical (unpaired) electrons. The van der Waals surface area contributed by atoms with E-state index in [1.54, 1.807) is 6.07 Å². The predicted molar refractivity (Wildman–Crippen MR) is 94.8 cm³/mol. The second-order valence-electron chi connectivity index (χ2n) is 5.76. The highest BCUT2D eigenvalue weighted by molar-refractivity contribution is 5.98. The SMILES string of the molecule is O=C(NOCc1ccccc1)c1cc(N2CCOCC2)ccc1[N+](=O)[O-]. The molecule has 8 heteroatoms. The van der Waals surface area contributed by atoms with Crippen LogP contribution in [0, 0.1) is 10.1 Å². The minimum atomic E-state index is -0.650. The third-order valence-corrected chi connectivity index (χ3v) is 4.04. The molecule has 2 aromatic carbocycles. The molecule has 1 amide bonds. The van der Waals surface area contributed by atoms with Crippen molar-refractivity contribution in [1.82, 2.24) is 5.48 Å². The maximum atomic E-state index is 12.4. The Bertz CT molecular complexity index is 776. The smallest absolute Gasteiger partial charge is 0.282 e. The van der Waals surface area contributed by atoms with E-state index in [1.165, 1.54) is 12.1 Å². The van der Waals surface area contributed by atoms with Crippen molar-refractivity contribution in [2.75, 3.05) is 31.2 Å². The molecule has 1 aliphatic heterocycles. The first-order chi connectivity index (χ1) is 12.6. The van der Waals surface area contributed by atoms with Crippen molar-refractivity contribution in [1.29, 1.82) is 0 Å². The summed E-state index contributed by atoms with van der Waals surface area (Å²) in [7, 11) is 0. The van der Waals surface area contributed by atoms with Crippen LogP contribution >= 0.6 is 0 Å². The molecular weight excluding hydrogens is 338 g/mol. The maximum absolute atomic E-state index is 12.4. The van der Waals surface area contributed by atoms with Gasteiger partial charge in [-0.2, -0.15) is 0 Å². The van der Waals surface area contributed by atoms with E-state index >= 15 is 0 Å². The van der Waals surface area contributed by atoms with E-state index in [0.29, 0.717) is 26.3 Å². The molecule has 1 N–H and O–H groups in total. The zero-order chi connectivity index (χ0) is 18.4. The number of anilines is 1. The molecule has 2 aromatic rings. The topological polar surface area (TPSA) is 93.9 Å². The van der Waals surface area contributed by atoms with E-state index in [9.17, 15) is 14.9 Å². The molecule has 3 rings (SSSR count). The number of nitrogens with zero attached hydrogens (tertiary/aromatic N) is 2. The van der Waals surface area contributed by atoms with E-state index < -0.39 is 10.8 Å². The summed E-state index contributed by atoms with van der Waals surface area (Å²) in [6, 6.07) is 13.8. The molecule has 0 aliphatic carbocycles. The first-order valence-corrected chi connectivity index (χ1v) is 8.22. The van der Waals surface area contributed by atoms with Gasteiger partial charge in [-0.25, -0.2) is 5.48 Å². The number of morpholine rings is 1. The zero-order valence-electron chi connectivity index (χ0n) is 14.1. The van der Waals surface area contributed by atoms with Crippen LogP contribution in [0.4, 0.5) is 11.4 Å². The molecule has 0 saturated carbocycles. The van der Waals surface area contributed by atoms with Crippen LogP contribution < -0.4 is 10.4 Å². The third-order valence-electron chi connectivity index (χ3n) is 4.04. The molecule has 0 bridgehead atoms. The summed E-state index contributed by atoms with van der Waals surface area (Å²) >= 11 is 0. The van der Waals surface area contributed by atoms with Gasteiger partial charge in [0.15, 0.2) is 0 Å². The summed E-state index contributed by atoms with van der Waals surface area (Å²) in [6.07, 6.45) is 0. The van der Waals surface area contributed by atoms with Gasteiger partial charge in [-0.05, 0) is 17.7 Å². The van der Waals surface area contributed by atoms with Crippen molar-refractivity contribution < 1.29 is 19.3 Å². The number of hydroxylamine groups is 1. The molecule has 1 saturated heterocycles. The Kier molecular flexibility index (Phi) is 5.77. The van der Waals surface area contributed by atoms with Crippen LogP contribution in [0.5, 0.6) is 0 Å². The Morgan fingerprint density at radius 1 is 1.19 bits per heavy atom. The van der Waals surface area contributed by atoms with Gasteiger partial charge in [-0.1, -0.05) is 30.3 Å². The fourth-order valence-electron chi connectivity index (χ4n) is 2.70. The Morgan fingerprint density at radius 2 is 1.92 bits per heavy atom. The highest BCUT2D eigenvalue weighted by Crippen LogP contribution is 2.25. The number of amides is 1. The van der Waals surface area contributed by atoms with Crippen LogP contribution in [0.3, 0.4) is 0 Å². The van der Waals surface area contributed by atoms with E-state index in [0.717, 1.165) is 11.3 Å².